The van der Waals surface area contributed by atoms with E-state index >= 15 is 0 Å². The maximum absolute atomic E-state index is 12.5. The van der Waals surface area contributed by atoms with Crippen LogP contribution >= 0.6 is 34.5 Å². The summed E-state index contributed by atoms with van der Waals surface area (Å²) in [4.78, 5) is 38.1. The first-order chi connectivity index (χ1) is 14.8. The van der Waals surface area contributed by atoms with Crippen molar-refractivity contribution < 1.29 is 19.1 Å². The molecule has 0 saturated heterocycles. The number of fused-ring (bicyclic) bond motifs is 1. The van der Waals surface area contributed by atoms with Gasteiger partial charge in [0.05, 0.1) is 28.4 Å². The highest BCUT2D eigenvalue weighted by Crippen LogP contribution is 2.40. The fourth-order valence-electron chi connectivity index (χ4n) is 3.26. The van der Waals surface area contributed by atoms with Crippen molar-refractivity contribution in [2.45, 2.75) is 33.1 Å². The fraction of sp³-hybridized carbons (Fsp3) is 0.333. The van der Waals surface area contributed by atoms with Crippen molar-refractivity contribution in [2.75, 3.05) is 11.9 Å². The molecule has 31 heavy (non-hydrogen) atoms. The van der Waals surface area contributed by atoms with E-state index in [1.54, 1.807) is 25.1 Å². The number of thiophene rings is 1. The number of nitrogens with zero attached hydrogens (tertiary/aromatic N) is 1. The molecule has 2 amide bonds. The molecule has 0 radical (unpaired) electrons. The zero-order chi connectivity index (χ0) is 22.5. The molecule has 0 saturated carbocycles. The lowest BCUT2D eigenvalue weighted by molar-refractivity contribution is -0.136. The number of halogens is 2. The van der Waals surface area contributed by atoms with Crippen LogP contribution in [0.5, 0.6) is 0 Å². The Labute approximate surface area is 193 Å². The van der Waals surface area contributed by atoms with E-state index in [9.17, 15) is 14.4 Å². The van der Waals surface area contributed by atoms with Gasteiger partial charge in [-0.2, -0.15) is 5.10 Å². The van der Waals surface area contributed by atoms with Crippen molar-refractivity contribution in [2.24, 2.45) is 11.0 Å². The Balaban J connectivity index is 1.74. The number of rotatable bonds is 5. The van der Waals surface area contributed by atoms with Gasteiger partial charge in [0.25, 0.3) is 0 Å². The monoisotopic (exact) mass is 481 g/mol. The van der Waals surface area contributed by atoms with E-state index < -0.39 is 17.8 Å². The number of hydrogen-bond acceptors (Lipinski definition) is 6. The lowest BCUT2D eigenvalue weighted by Gasteiger charge is -2.18. The maximum atomic E-state index is 12.5. The molecule has 1 aromatic carbocycles. The summed E-state index contributed by atoms with van der Waals surface area (Å²) < 4.78 is 5.17. The van der Waals surface area contributed by atoms with E-state index in [4.69, 9.17) is 27.9 Å². The zero-order valence-electron chi connectivity index (χ0n) is 17.0. The number of benzene rings is 1. The summed E-state index contributed by atoms with van der Waals surface area (Å²) in [6.07, 6.45) is 3.75. The Bertz CT molecular complexity index is 1030. The quantitative estimate of drug-likeness (QED) is 0.285. The second kappa shape index (κ2) is 10.3. The molecule has 0 spiro atoms. The van der Waals surface area contributed by atoms with E-state index in [0.29, 0.717) is 32.1 Å². The largest absolute Gasteiger partial charge is 0.462 e. The van der Waals surface area contributed by atoms with Crippen molar-refractivity contribution in [3.05, 3.63) is 49.8 Å². The molecule has 1 atom stereocenters. The Morgan fingerprint density at radius 1 is 1.26 bits per heavy atom. The van der Waals surface area contributed by atoms with Crippen molar-refractivity contribution in [1.29, 1.82) is 0 Å². The van der Waals surface area contributed by atoms with Gasteiger partial charge in [0, 0.05) is 10.4 Å². The van der Waals surface area contributed by atoms with Crippen LogP contribution in [0, 0.1) is 5.92 Å². The third-order valence-corrected chi connectivity index (χ3v) is 6.61. The van der Waals surface area contributed by atoms with E-state index in [1.165, 1.54) is 17.6 Å². The van der Waals surface area contributed by atoms with Gasteiger partial charge in [-0.05, 0) is 49.8 Å². The molecule has 1 aromatic heterocycles. The summed E-state index contributed by atoms with van der Waals surface area (Å²) in [5.41, 5.74) is 3.78. The van der Waals surface area contributed by atoms with Gasteiger partial charge in [0.15, 0.2) is 0 Å². The summed E-state index contributed by atoms with van der Waals surface area (Å²) in [6.45, 7) is 4.07. The number of hydrazone groups is 1. The highest BCUT2D eigenvalue weighted by Gasteiger charge is 2.30. The molecule has 2 N–H and O–H groups in total. The van der Waals surface area contributed by atoms with Gasteiger partial charge in [-0.15, -0.1) is 11.3 Å². The Morgan fingerprint density at radius 3 is 2.65 bits per heavy atom. The minimum Gasteiger partial charge on any atom is -0.462 e. The average Bonchev–Trinajstić information content (AvgIpc) is 3.07. The van der Waals surface area contributed by atoms with Crippen LogP contribution in [-0.4, -0.2) is 30.6 Å². The zero-order valence-corrected chi connectivity index (χ0v) is 19.3. The van der Waals surface area contributed by atoms with Crippen LogP contribution in [0.4, 0.5) is 5.00 Å². The third kappa shape index (κ3) is 5.44. The molecule has 0 bridgehead atoms. The van der Waals surface area contributed by atoms with Crippen molar-refractivity contribution in [3.63, 3.8) is 0 Å². The normalized spacial score (nSPS) is 15.4. The van der Waals surface area contributed by atoms with Gasteiger partial charge in [-0.3, -0.25) is 9.59 Å². The van der Waals surface area contributed by atoms with Gasteiger partial charge in [0.1, 0.15) is 5.00 Å². The van der Waals surface area contributed by atoms with Gasteiger partial charge in [-0.1, -0.05) is 36.2 Å². The first kappa shape index (κ1) is 23.2. The molecule has 7 nitrogen and oxygen atoms in total. The van der Waals surface area contributed by atoms with E-state index in [2.05, 4.69) is 22.8 Å². The summed E-state index contributed by atoms with van der Waals surface area (Å²) in [5.74, 6) is -1.95. The molecule has 3 rings (SSSR count). The predicted octanol–water partition coefficient (Wildman–Crippen LogP) is 4.45. The van der Waals surface area contributed by atoms with Crippen molar-refractivity contribution >= 4 is 63.5 Å². The molecule has 10 heteroatoms. The molecule has 1 heterocycles. The van der Waals surface area contributed by atoms with Crippen molar-refractivity contribution in [3.8, 4) is 0 Å². The van der Waals surface area contributed by atoms with E-state index in [0.717, 1.165) is 29.7 Å². The number of carbonyl (C=O) groups is 3. The molecule has 164 valence electrons. The standard InChI is InChI=1S/C21H21Cl2N3O4S/c1-3-30-21(29)17-12-8-7-11(2)9-16(12)31-20(17)25-18(27)19(28)26-24-10-13-14(22)5-4-6-15(13)23/h4-6,10-11H,3,7-9H2,1-2H3,(H,25,27)(H,26,28)/b24-10+. The topological polar surface area (TPSA) is 96.9 Å². The van der Waals surface area contributed by atoms with E-state index in [1.807, 2.05) is 0 Å². The van der Waals surface area contributed by atoms with Gasteiger partial charge >= 0.3 is 17.8 Å². The molecule has 2 aromatic rings. The molecular weight excluding hydrogens is 461 g/mol. The van der Waals surface area contributed by atoms with Crippen LogP contribution in [0.15, 0.2) is 23.3 Å². The Hall–Kier alpha value is -2.42. The third-order valence-electron chi connectivity index (χ3n) is 4.78. The molecule has 0 aliphatic heterocycles. The summed E-state index contributed by atoms with van der Waals surface area (Å²) >= 11 is 13.4. The number of hydrogen-bond donors (Lipinski definition) is 2. The molecule has 1 unspecified atom stereocenters. The number of carbonyl (C=O) groups excluding carboxylic acids is 3. The number of ether oxygens (including phenoxy) is 1. The Kier molecular flexibility index (Phi) is 7.69. The molecule has 1 aliphatic rings. The molecule has 1 aliphatic carbocycles. The second-order valence-corrected chi connectivity index (χ2v) is 8.98. The van der Waals surface area contributed by atoms with Crippen LogP contribution in [0.2, 0.25) is 10.0 Å². The number of anilines is 1. The maximum Gasteiger partial charge on any atom is 0.341 e. The highest BCUT2D eigenvalue weighted by atomic mass is 35.5. The van der Waals surface area contributed by atoms with Crippen molar-refractivity contribution in [1.82, 2.24) is 5.43 Å². The summed E-state index contributed by atoms with van der Waals surface area (Å²) in [7, 11) is 0. The first-order valence-corrected chi connectivity index (χ1v) is 11.3. The minimum atomic E-state index is -0.992. The van der Waals surface area contributed by atoms with Crippen LogP contribution in [-0.2, 0) is 27.2 Å². The summed E-state index contributed by atoms with van der Waals surface area (Å²) in [6, 6.07) is 4.93. The smallest absolute Gasteiger partial charge is 0.341 e. The minimum absolute atomic E-state index is 0.215. The van der Waals surface area contributed by atoms with Gasteiger partial charge in [0.2, 0.25) is 0 Å². The van der Waals surface area contributed by atoms with Crippen LogP contribution < -0.4 is 10.7 Å². The SMILES string of the molecule is CCOC(=O)c1c(NC(=O)C(=O)N/N=C/c2c(Cl)cccc2Cl)sc2c1CCC(C)C2. The predicted molar refractivity (Wildman–Crippen MR) is 122 cm³/mol. The Morgan fingerprint density at radius 2 is 1.97 bits per heavy atom. The van der Waals surface area contributed by atoms with Gasteiger partial charge < -0.3 is 10.1 Å². The lowest BCUT2D eigenvalue weighted by Crippen LogP contribution is -2.32. The number of amides is 2. The number of nitrogens with one attached hydrogen (secondary N) is 2. The molecule has 0 fully saturated rings. The first-order valence-electron chi connectivity index (χ1n) is 9.71. The second-order valence-electron chi connectivity index (χ2n) is 7.06. The fourth-order valence-corrected chi connectivity index (χ4v) is 5.15. The van der Waals surface area contributed by atoms with E-state index in [-0.39, 0.29) is 6.61 Å². The highest BCUT2D eigenvalue weighted by molar-refractivity contribution is 7.17. The number of esters is 1. The van der Waals surface area contributed by atoms with Crippen LogP contribution in [0.1, 0.15) is 46.6 Å². The molecular formula is C21H21Cl2N3O4S. The average molecular weight is 482 g/mol. The lowest BCUT2D eigenvalue weighted by atomic mass is 9.88. The van der Waals surface area contributed by atoms with Gasteiger partial charge in [-0.25, -0.2) is 10.2 Å². The van der Waals surface area contributed by atoms with Crippen LogP contribution in [0.25, 0.3) is 0 Å². The summed E-state index contributed by atoms with van der Waals surface area (Å²) in [5, 5.41) is 7.30. The van der Waals surface area contributed by atoms with Crippen LogP contribution in [0.3, 0.4) is 0 Å².